The van der Waals surface area contributed by atoms with Gasteiger partial charge in [-0.3, -0.25) is 4.79 Å². The summed E-state index contributed by atoms with van der Waals surface area (Å²) in [4.78, 5) is 13.4. The molecule has 1 aliphatic rings. The molecule has 0 aliphatic carbocycles. The Labute approximate surface area is 171 Å². The number of carbonyl (C=O) groups excluding carboxylic acids is 1. The molecular formula is C20H16ClNO4S2. The highest BCUT2D eigenvalue weighted by molar-refractivity contribution is 7.91. The van der Waals surface area contributed by atoms with Crippen LogP contribution in [0.25, 0.3) is 0 Å². The average molecular weight is 434 g/mol. The van der Waals surface area contributed by atoms with Gasteiger partial charge in [-0.2, -0.15) is 0 Å². The molecule has 28 heavy (non-hydrogen) atoms. The summed E-state index contributed by atoms with van der Waals surface area (Å²) in [5.41, 5.74) is 1.30. The lowest BCUT2D eigenvalue weighted by Gasteiger charge is -2.23. The summed E-state index contributed by atoms with van der Waals surface area (Å²) in [5.74, 6) is 0.158. The number of amides is 1. The van der Waals surface area contributed by atoms with Crippen molar-refractivity contribution in [1.29, 1.82) is 0 Å². The molecule has 1 aliphatic heterocycles. The first-order valence-corrected chi connectivity index (χ1v) is 11.2. The number of methoxy groups -OCH3 is 1. The normalized spacial score (nSPS) is 16.4. The first-order chi connectivity index (χ1) is 13.4. The minimum atomic E-state index is -3.78. The maximum Gasteiger partial charge on any atom is 0.225 e. The monoisotopic (exact) mass is 433 g/mol. The van der Waals surface area contributed by atoms with Gasteiger partial charge < -0.3 is 10.1 Å². The summed E-state index contributed by atoms with van der Waals surface area (Å²) in [6, 6.07) is 13.5. The Morgan fingerprint density at radius 2 is 1.79 bits per heavy atom. The molecule has 144 valence electrons. The van der Waals surface area contributed by atoms with Crippen LogP contribution in [0.4, 0.5) is 5.69 Å². The molecule has 0 spiro atoms. The number of ether oxygens (including phenoxy) is 1. The van der Waals surface area contributed by atoms with Gasteiger partial charge in [0.25, 0.3) is 0 Å². The van der Waals surface area contributed by atoms with E-state index in [1.807, 2.05) is 12.1 Å². The van der Waals surface area contributed by atoms with Crippen molar-refractivity contribution in [1.82, 2.24) is 0 Å². The molecule has 3 aromatic rings. The second-order valence-corrected chi connectivity index (χ2v) is 9.64. The van der Waals surface area contributed by atoms with Crippen molar-refractivity contribution in [3.05, 3.63) is 69.4 Å². The van der Waals surface area contributed by atoms with E-state index < -0.39 is 9.84 Å². The van der Waals surface area contributed by atoms with Crippen LogP contribution in [-0.2, 0) is 14.6 Å². The third kappa shape index (κ3) is 3.30. The quantitative estimate of drug-likeness (QED) is 0.646. The molecule has 1 amide bonds. The van der Waals surface area contributed by atoms with E-state index in [0.717, 1.165) is 10.4 Å². The van der Waals surface area contributed by atoms with Gasteiger partial charge in [0.15, 0.2) is 0 Å². The van der Waals surface area contributed by atoms with Gasteiger partial charge in [0.05, 0.1) is 17.7 Å². The third-order valence-electron chi connectivity index (χ3n) is 4.69. The Bertz CT molecular complexity index is 1140. The largest absolute Gasteiger partial charge is 0.497 e. The van der Waals surface area contributed by atoms with Crippen LogP contribution < -0.4 is 10.1 Å². The number of hydrogen-bond acceptors (Lipinski definition) is 5. The van der Waals surface area contributed by atoms with Crippen LogP contribution in [0.5, 0.6) is 5.75 Å². The van der Waals surface area contributed by atoms with E-state index in [1.165, 1.54) is 30.6 Å². The van der Waals surface area contributed by atoms with E-state index in [4.69, 9.17) is 16.3 Å². The van der Waals surface area contributed by atoms with Gasteiger partial charge in [0.2, 0.25) is 15.7 Å². The Hall–Kier alpha value is -2.35. The number of benzene rings is 2. The molecule has 4 rings (SSSR count). The summed E-state index contributed by atoms with van der Waals surface area (Å²) in [7, 11) is -2.26. The van der Waals surface area contributed by atoms with Gasteiger partial charge in [-0.25, -0.2) is 8.42 Å². The Morgan fingerprint density at radius 3 is 2.43 bits per heavy atom. The van der Waals surface area contributed by atoms with Gasteiger partial charge >= 0.3 is 0 Å². The molecule has 5 nitrogen and oxygen atoms in total. The zero-order chi connectivity index (χ0) is 19.9. The molecule has 2 heterocycles. The zero-order valence-corrected chi connectivity index (χ0v) is 17.2. The van der Waals surface area contributed by atoms with Crippen molar-refractivity contribution < 1.29 is 17.9 Å². The lowest BCUT2D eigenvalue weighted by Crippen LogP contribution is -2.23. The first-order valence-electron chi connectivity index (χ1n) is 8.46. The second-order valence-electron chi connectivity index (χ2n) is 6.37. The molecule has 0 saturated carbocycles. The van der Waals surface area contributed by atoms with E-state index in [2.05, 4.69) is 5.32 Å². The molecular weight excluding hydrogens is 418 g/mol. The van der Waals surface area contributed by atoms with Gasteiger partial charge in [-0.05, 0) is 42.0 Å². The predicted molar refractivity (Wildman–Crippen MR) is 109 cm³/mol. The number of anilines is 1. The maximum atomic E-state index is 13.2. The van der Waals surface area contributed by atoms with Crippen molar-refractivity contribution in [3.8, 4) is 5.75 Å². The average Bonchev–Trinajstić information content (AvgIpc) is 3.12. The number of hydrogen-bond donors (Lipinski definition) is 1. The van der Waals surface area contributed by atoms with Crippen LogP contribution in [0.2, 0.25) is 5.02 Å². The van der Waals surface area contributed by atoms with E-state index in [9.17, 15) is 13.2 Å². The highest BCUT2D eigenvalue weighted by Gasteiger charge is 2.34. The van der Waals surface area contributed by atoms with Crippen LogP contribution in [-0.4, -0.2) is 21.4 Å². The van der Waals surface area contributed by atoms with E-state index in [-0.39, 0.29) is 28.0 Å². The van der Waals surface area contributed by atoms with Crippen molar-refractivity contribution >= 4 is 44.4 Å². The van der Waals surface area contributed by atoms with E-state index in [1.54, 1.807) is 29.6 Å². The van der Waals surface area contributed by atoms with Crippen LogP contribution in [0.3, 0.4) is 0 Å². The summed E-state index contributed by atoms with van der Waals surface area (Å²) in [5, 5.41) is 4.97. The first kappa shape index (κ1) is 19.0. The van der Waals surface area contributed by atoms with Crippen molar-refractivity contribution in [2.75, 3.05) is 12.4 Å². The van der Waals surface area contributed by atoms with E-state index >= 15 is 0 Å². The molecule has 0 bridgehead atoms. The molecule has 0 radical (unpaired) electrons. The summed E-state index contributed by atoms with van der Waals surface area (Å²) >= 11 is 7.31. The molecule has 8 heteroatoms. The van der Waals surface area contributed by atoms with Crippen LogP contribution >= 0.6 is 22.9 Å². The lowest BCUT2D eigenvalue weighted by atomic mass is 9.91. The van der Waals surface area contributed by atoms with E-state index in [0.29, 0.717) is 16.5 Å². The molecule has 2 aromatic carbocycles. The molecule has 1 aromatic heterocycles. The van der Waals surface area contributed by atoms with Crippen molar-refractivity contribution in [2.24, 2.45) is 0 Å². The number of fused-ring (bicyclic) bond motifs is 1. The lowest BCUT2D eigenvalue weighted by molar-refractivity contribution is -0.116. The van der Waals surface area contributed by atoms with Crippen LogP contribution in [0.15, 0.2) is 63.7 Å². The van der Waals surface area contributed by atoms with Gasteiger partial charge in [-0.15, -0.1) is 11.3 Å². The molecule has 0 unspecified atom stereocenters. The SMILES string of the molecule is COc1ccc(S(=O)(=O)c2csc3c2NC(=O)C[C@H]3c2ccc(Cl)cc2)cc1. The highest BCUT2D eigenvalue weighted by Crippen LogP contribution is 2.46. The molecule has 1 N–H and O–H groups in total. The fourth-order valence-electron chi connectivity index (χ4n) is 3.25. The Balaban J connectivity index is 1.79. The van der Waals surface area contributed by atoms with Gasteiger partial charge in [0, 0.05) is 27.6 Å². The summed E-state index contributed by atoms with van der Waals surface area (Å²) in [6.07, 6.45) is 0.261. The topological polar surface area (TPSA) is 72.5 Å². The van der Waals surface area contributed by atoms with Crippen molar-refractivity contribution in [3.63, 3.8) is 0 Å². The minimum absolute atomic E-state index is 0.115. The standard InChI is InChI=1S/C20H16ClNO4S2/c1-26-14-6-8-15(9-7-14)28(24,25)17-11-27-20-16(10-18(23)22-19(17)20)12-2-4-13(21)5-3-12/h2-9,11,16H,10H2,1H3,(H,22,23)/t16-/m0/s1. The summed E-state index contributed by atoms with van der Waals surface area (Å²) in [6.45, 7) is 0. The highest BCUT2D eigenvalue weighted by atomic mass is 35.5. The molecule has 0 fully saturated rings. The van der Waals surface area contributed by atoms with Crippen LogP contribution in [0, 0.1) is 0 Å². The number of sulfone groups is 1. The number of halogens is 1. The molecule has 1 atom stereocenters. The second kappa shape index (κ2) is 7.24. The fourth-order valence-corrected chi connectivity index (χ4v) is 6.28. The minimum Gasteiger partial charge on any atom is -0.497 e. The smallest absolute Gasteiger partial charge is 0.225 e. The number of carbonyl (C=O) groups is 1. The molecule has 0 saturated heterocycles. The Morgan fingerprint density at radius 1 is 1.11 bits per heavy atom. The number of nitrogens with one attached hydrogen (secondary N) is 1. The number of thiophene rings is 1. The van der Waals surface area contributed by atoms with Crippen molar-refractivity contribution in [2.45, 2.75) is 22.1 Å². The van der Waals surface area contributed by atoms with Crippen LogP contribution in [0.1, 0.15) is 22.8 Å². The van der Waals surface area contributed by atoms with Gasteiger partial charge in [-0.1, -0.05) is 23.7 Å². The summed E-state index contributed by atoms with van der Waals surface area (Å²) < 4.78 is 31.4. The third-order valence-corrected chi connectivity index (χ3v) is 7.98. The fraction of sp³-hybridized carbons (Fsp3) is 0.150. The number of rotatable bonds is 4. The Kier molecular flexibility index (Phi) is 4.91. The zero-order valence-electron chi connectivity index (χ0n) is 14.8. The predicted octanol–water partition coefficient (Wildman–Crippen LogP) is 4.72. The maximum absolute atomic E-state index is 13.2. The van der Waals surface area contributed by atoms with Gasteiger partial charge in [0.1, 0.15) is 10.6 Å².